The van der Waals surface area contributed by atoms with Crippen LogP contribution in [-0.2, 0) is 0 Å². The van der Waals surface area contributed by atoms with Crippen LogP contribution in [0.15, 0.2) is 0 Å². The Morgan fingerprint density at radius 2 is 1.42 bits per heavy atom. The molecule has 0 radical (unpaired) electrons. The van der Waals surface area contributed by atoms with Crippen LogP contribution in [0.1, 0.15) is 44.9 Å². The first-order valence-corrected chi connectivity index (χ1v) is 8.80. The lowest BCUT2D eigenvalue weighted by molar-refractivity contribution is -0.0357. The van der Waals surface area contributed by atoms with Gasteiger partial charge >= 0.3 is 0 Å². The molecule has 0 aromatic carbocycles. The molecule has 4 bridgehead atoms. The number of piperidine rings is 1. The summed E-state index contributed by atoms with van der Waals surface area (Å²) >= 11 is 0. The molecular formula is C17H30N2. The van der Waals surface area contributed by atoms with E-state index in [0.29, 0.717) is 0 Å². The van der Waals surface area contributed by atoms with Gasteiger partial charge in [-0.1, -0.05) is 0 Å². The first kappa shape index (κ1) is 12.6. The standard InChI is InChI=1S/C17H30N2/c1-3-18-4-2-12(1)10-19-11-17-15-6-13-5-14(8-15)9-16(17)7-13/h12-19H,1-11H2. The third-order valence-electron chi connectivity index (χ3n) is 6.69. The summed E-state index contributed by atoms with van der Waals surface area (Å²) in [6.07, 6.45) is 10.7. The smallest absolute Gasteiger partial charge is 0.00151 e. The SMILES string of the molecule is C1CC(CNCC2C3CC4CC(C3)CC2C4)CCN1. The van der Waals surface area contributed by atoms with E-state index < -0.39 is 0 Å². The fourth-order valence-electron chi connectivity index (χ4n) is 5.91. The molecule has 108 valence electrons. The summed E-state index contributed by atoms with van der Waals surface area (Å²) in [5.41, 5.74) is 0. The predicted molar refractivity (Wildman–Crippen MR) is 79.0 cm³/mol. The molecule has 19 heavy (non-hydrogen) atoms. The zero-order chi connectivity index (χ0) is 12.7. The van der Waals surface area contributed by atoms with Crippen LogP contribution in [0.2, 0.25) is 0 Å². The Morgan fingerprint density at radius 3 is 2.05 bits per heavy atom. The van der Waals surface area contributed by atoms with Crippen molar-refractivity contribution >= 4 is 0 Å². The fraction of sp³-hybridized carbons (Fsp3) is 1.00. The summed E-state index contributed by atoms with van der Waals surface area (Å²) in [5.74, 6) is 6.42. The average Bonchev–Trinajstić information content (AvgIpc) is 2.42. The molecule has 0 spiro atoms. The second-order valence-corrected chi connectivity index (χ2v) is 7.95. The highest BCUT2D eigenvalue weighted by molar-refractivity contribution is 4.98. The second kappa shape index (κ2) is 5.37. The molecule has 1 heterocycles. The zero-order valence-electron chi connectivity index (χ0n) is 12.2. The van der Waals surface area contributed by atoms with E-state index in [-0.39, 0.29) is 0 Å². The van der Waals surface area contributed by atoms with Crippen molar-refractivity contribution in [3.63, 3.8) is 0 Å². The minimum Gasteiger partial charge on any atom is -0.317 e. The van der Waals surface area contributed by atoms with Crippen LogP contribution in [0.25, 0.3) is 0 Å². The largest absolute Gasteiger partial charge is 0.317 e. The van der Waals surface area contributed by atoms with Gasteiger partial charge in [0.1, 0.15) is 0 Å². The van der Waals surface area contributed by atoms with Crippen molar-refractivity contribution in [2.24, 2.45) is 35.5 Å². The van der Waals surface area contributed by atoms with Gasteiger partial charge < -0.3 is 10.6 Å². The molecule has 4 aliphatic carbocycles. The van der Waals surface area contributed by atoms with E-state index in [1.54, 1.807) is 32.1 Å². The van der Waals surface area contributed by atoms with Crippen molar-refractivity contribution in [2.45, 2.75) is 44.9 Å². The first-order chi connectivity index (χ1) is 9.38. The van der Waals surface area contributed by atoms with Gasteiger partial charge in [0.25, 0.3) is 0 Å². The molecule has 2 N–H and O–H groups in total. The molecule has 5 aliphatic rings. The molecule has 2 heteroatoms. The van der Waals surface area contributed by atoms with Crippen molar-refractivity contribution in [3.05, 3.63) is 0 Å². The molecule has 0 amide bonds. The fourth-order valence-corrected chi connectivity index (χ4v) is 5.91. The van der Waals surface area contributed by atoms with Gasteiger partial charge in [-0.15, -0.1) is 0 Å². The van der Waals surface area contributed by atoms with Crippen molar-refractivity contribution < 1.29 is 0 Å². The average molecular weight is 262 g/mol. The van der Waals surface area contributed by atoms with E-state index in [9.17, 15) is 0 Å². The van der Waals surface area contributed by atoms with Crippen LogP contribution in [0.5, 0.6) is 0 Å². The van der Waals surface area contributed by atoms with E-state index in [1.165, 1.54) is 39.0 Å². The van der Waals surface area contributed by atoms with Gasteiger partial charge in [-0.05, 0) is 107 Å². The molecule has 1 saturated heterocycles. The maximum Gasteiger partial charge on any atom is -0.00151 e. The second-order valence-electron chi connectivity index (χ2n) is 7.95. The van der Waals surface area contributed by atoms with Crippen molar-refractivity contribution in [1.82, 2.24) is 10.6 Å². The normalized spacial score (nSPS) is 45.8. The minimum absolute atomic E-state index is 0.943. The van der Waals surface area contributed by atoms with Gasteiger partial charge in [0.05, 0.1) is 0 Å². The maximum absolute atomic E-state index is 3.86. The van der Waals surface area contributed by atoms with E-state index in [2.05, 4.69) is 10.6 Å². The predicted octanol–water partition coefficient (Wildman–Crippen LogP) is 2.65. The lowest BCUT2D eigenvalue weighted by atomic mass is 9.52. The molecule has 1 aliphatic heterocycles. The quantitative estimate of drug-likeness (QED) is 0.814. The Labute approximate surface area is 118 Å². The molecule has 0 aromatic heterocycles. The van der Waals surface area contributed by atoms with Gasteiger partial charge in [-0.2, -0.15) is 0 Å². The topological polar surface area (TPSA) is 24.1 Å². The highest BCUT2D eigenvalue weighted by atomic mass is 14.9. The van der Waals surface area contributed by atoms with E-state index in [1.807, 2.05) is 0 Å². The van der Waals surface area contributed by atoms with Crippen molar-refractivity contribution in [3.8, 4) is 0 Å². The van der Waals surface area contributed by atoms with E-state index >= 15 is 0 Å². The summed E-state index contributed by atoms with van der Waals surface area (Å²) in [6.45, 7) is 5.10. The third-order valence-corrected chi connectivity index (χ3v) is 6.69. The lowest BCUT2D eigenvalue weighted by Crippen LogP contribution is -2.49. The maximum atomic E-state index is 3.86. The Bertz CT molecular complexity index is 280. The van der Waals surface area contributed by atoms with Gasteiger partial charge in [-0.3, -0.25) is 0 Å². The summed E-state index contributed by atoms with van der Waals surface area (Å²) in [4.78, 5) is 0. The van der Waals surface area contributed by atoms with E-state index in [0.717, 1.165) is 35.5 Å². The lowest BCUT2D eigenvalue weighted by Gasteiger charge is -2.54. The third kappa shape index (κ3) is 2.58. The van der Waals surface area contributed by atoms with Crippen LogP contribution >= 0.6 is 0 Å². The van der Waals surface area contributed by atoms with Gasteiger partial charge in [0.2, 0.25) is 0 Å². The molecule has 0 aromatic rings. The van der Waals surface area contributed by atoms with Crippen molar-refractivity contribution in [2.75, 3.05) is 26.2 Å². The Kier molecular flexibility index (Phi) is 3.57. The molecular weight excluding hydrogens is 232 g/mol. The number of hydrogen-bond donors (Lipinski definition) is 2. The van der Waals surface area contributed by atoms with Crippen molar-refractivity contribution in [1.29, 1.82) is 0 Å². The monoisotopic (exact) mass is 262 g/mol. The Balaban J connectivity index is 1.26. The summed E-state index contributed by atoms with van der Waals surface area (Å²) < 4.78 is 0. The molecule has 4 saturated carbocycles. The van der Waals surface area contributed by atoms with Crippen LogP contribution in [0.3, 0.4) is 0 Å². The van der Waals surface area contributed by atoms with E-state index in [4.69, 9.17) is 0 Å². The number of nitrogens with one attached hydrogen (secondary N) is 2. The van der Waals surface area contributed by atoms with Gasteiger partial charge in [0.15, 0.2) is 0 Å². The number of rotatable bonds is 4. The molecule has 5 fully saturated rings. The molecule has 0 atom stereocenters. The summed E-state index contributed by atoms with van der Waals surface area (Å²) in [5, 5.41) is 7.32. The molecule has 0 unspecified atom stereocenters. The number of hydrogen-bond acceptors (Lipinski definition) is 2. The zero-order valence-corrected chi connectivity index (χ0v) is 12.2. The van der Waals surface area contributed by atoms with Crippen LogP contribution in [0, 0.1) is 35.5 Å². The molecule has 5 rings (SSSR count). The Morgan fingerprint density at radius 1 is 0.789 bits per heavy atom. The highest BCUT2D eigenvalue weighted by Gasteiger charge is 2.47. The first-order valence-electron chi connectivity index (χ1n) is 8.80. The molecule has 2 nitrogen and oxygen atoms in total. The minimum atomic E-state index is 0.943. The Hall–Kier alpha value is -0.0800. The van der Waals surface area contributed by atoms with Crippen LogP contribution < -0.4 is 10.6 Å². The van der Waals surface area contributed by atoms with Gasteiger partial charge in [0, 0.05) is 0 Å². The highest BCUT2D eigenvalue weighted by Crippen LogP contribution is 2.56. The summed E-state index contributed by atoms with van der Waals surface area (Å²) in [6, 6.07) is 0. The van der Waals surface area contributed by atoms with Gasteiger partial charge in [-0.25, -0.2) is 0 Å². The summed E-state index contributed by atoms with van der Waals surface area (Å²) in [7, 11) is 0. The van der Waals surface area contributed by atoms with Crippen LogP contribution in [-0.4, -0.2) is 26.2 Å². The van der Waals surface area contributed by atoms with Crippen LogP contribution in [0.4, 0.5) is 0 Å².